The van der Waals surface area contributed by atoms with Crippen molar-refractivity contribution < 1.29 is 0 Å². The van der Waals surface area contributed by atoms with Gasteiger partial charge in [-0.25, -0.2) is 4.68 Å². The highest BCUT2D eigenvalue weighted by atomic mass is 35.5. The predicted molar refractivity (Wildman–Crippen MR) is 90.4 cm³/mol. The van der Waals surface area contributed by atoms with Crippen LogP contribution in [-0.2, 0) is 0 Å². The van der Waals surface area contributed by atoms with Gasteiger partial charge in [-0.15, -0.1) is 0 Å². The molecule has 0 saturated carbocycles. The number of aryl methyl sites for hydroxylation is 2. The molecule has 0 amide bonds. The second-order valence-electron chi connectivity index (χ2n) is 5.71. The van der Waals surface area contributed by atoms with Crippen molar-refractivity contribution in [1.82, 2.24) is 9.78 Å². The number of hydrogen-bond acceptors (Lipinski definition) is 2. The van der Waals surface area contributed by atoms with Crippen LogP contribution in [0.15, 0.2) is 48.5 Å². The van der Waals surface area contributed by atoms with Crippen LogP contribution < -0.4 is 5.32 Å². The van der Waals surface area contributed by atoms with Crippen LogP contribution in [0.4, 0.5) is 5.69 Å². The Morgan fingerprint density at radius 1 is 1.09 bits per heavy atom. The highest BCUT2D eigenvalue weighted by Crippen LogP contribution is 2.40. The molecule has 110 valence electrons. The summed E-state index contributed by atoms with van der Waals surface area (Å²) in [6, 6.07) is 16.4. The van der Waals surface area contributed by atoms with E-state index in [1.54, 1.807) is 0 Å². The minimum atomic E-state index is -0.0189. The van der Waals surface area contributed by atoms with Crippen molar-refractivity contribution in [3.05, 3.63) is 70.4 Å². The number of hydrogen-bond donors (Lipinski definition) is 1. The van der Waals surface area contributed by atoms with E-state index in [1.165, 1.54) is 16.8 Å². The molecule has 4 rings (SSSR count). The molecule has 0 bridgehead atoms. The first-order valence-corrected chi connectivity index (χ1v) is 7.69. The van der Waals surface area contributed by atoms with Crippen LogP contribution in [0.25, 0.3) is 11.3 Å². The molecular weight excluding hydrogens is 294 g/mol. The molecule has 4 heteroatoms. The molecule has 1 aliphatic heterocycles. The monoisotopic (exact) mass is 309 g/mol. The maximum atomic E-state index is 6.02. The summed E-state index contributed by atoms with van der Waals surface area (Å²) in [7, 11) is 0. The smallest absolute Gasteiger partial charge is 0.147 e. The summed E-state index contributed by atoms with van der Waals surface area (Å²) in [5.41, 5.74) is 6.92. The van der Waals surface area contributed by atoms with Gasteiger partial charge >= 0.3 is 0 Å². The zero-order valence-electron chi connectivity index (χ0n) is 12.5. The predicted octanol–water partition coefficient (Wildman–Crippen LogP) is 4.79. The van der Waals surface area contributed by atoms with E-state index in [0.29, 0.717) is 0 Å². The lowest BCUT2D eigenvalue weighted by Crippen LogP contribution is -2.26. The maximum Gasteiger partial charge on any atom is 0.147 e. The quantitative estimate of drug-likeness (QED) is 0.700. The van der Waals surface area contributed by atoms with Crippen LogP contribution in [-0.4, -0.2) is 9.78 Å². The van der Waals surface area contributed by atoms with Gasteiger partial charge in [-0.1, -0.05) is 41.9 Å². The van der Waals surface area contributed by atoms with Crippen LogP contribution >= 0.6 is 11.6 Å². The Morgan fingerprint density at radius 2 is 1.86 bits per heavy atom. The number of nitrogens with one attached hydrogen (secondary N) is 1. The van der Waals surface area contributed by atoms with Crippen molar-refractivity contribution in [3.8, 4) is 11.3 Å². The third-order valence-electron chi connectivity index (χ3n) is 4.12. The van der Waals surface area contributed by atoms with Crippen LogP contribution in [0.2, 0.25) is 5.02 Å². The second kappa shape index (κ2) is 4.89. The molecule has 0 saturated heterocycles. The van der Waals surface area contributed by atoms with Crippen LogP contribution in [0.5, 0.6) is 0 Å². The Hall–Kier alpha value is -2.26. The van der Waals surface area contributed by atoms with Crippen molar-refractivity contribution in [2.75, 3.05) is 5.32 Å². The molecule has 2 aromatic carbocycles. The van der Waals surface area contributed by atoms with Crippen molar-refractivity contribution in [3.63, 3.8) is 0 Å². The Bertz CT molecular complexity index is 849. The number of para-hydroxylation sites is 1. The zero-order valence-corrected chi connectivity index (χ0v) is 13.2. The fourth-order valence-corrected chi connectivity index (χ4v) is 3.18. The van der Waals surface area contributed by atoms with Gasteiger partial charge in [0.15, 0.2) is 0 Å². The highest BCUT2D eigenvalue weighted by Gasteiger charge is 2.27. The molecule has 2 heterocycles. The number of fused-ring (bicyclic) bond motifs is 3. The van der Waals surface area contributed by atoms with Gasteiger partial charge in [-0.2, -0.15) is 5.10 Å². The number of anilines is 1. The Morgan fingerprint density at radius 3 is 2.64 bits per heavy atom. The molecule has 0 fully saturated rings. The van der Waals surface area contributed by atoms with E-state index in [4.69, 9.17) is 11.6 Å². The number of benzene rings is 2. The third kappa shape index (κ3) is 2.01. The van der Waals surface area contributed by atoms with Gasteiger partial charge in [-0.3, -0.25) is 0 Å². The molecule has 3 nitrogen and oxygen atoms in total. The summed E-state index contributed by atoms with van der Waals surface area (Å²) in [6.07, 6.45) is -0.0189. The van der Waals surface area contributed by atoms with Gasteiger partial charge in [0.05, 0.1) is 11.4 Å². The summed E-state index contributed by atoms with van der Waals surface area (Å²) < 4.78 is 2.06. The number of halogens is 1. The molecule has 0 aliphatic carbocycles. The molecular formula is C18H16ClN3. The molecule has 0 radical (unpaired) electrons. The van der Waals surface area contributed by atoms with Gasteiger partial charge in [-0.05, 0) is 43.2 Å². The highest BCUT2D eigenvalue weighted by molar-refractivity contribution is 6.30. The van der Waals surface area contributed by atoms with Crippen LogP contribution in [0.1, 0.15) is 23.0 Å². The average Bonchev–Trinajstić information content (AvgIpc) is 2.90. The largest absolute Gasteiger partial charge is 0.359 e. The maximum absolute atomic E-state index is 6.02. The fraction of sp³-hybridized carbons (Fsp3) is 0.167. The van der Waals surface area contributed by atoms with E-state index in [2.05, 4.69) is 46.3 Å². The van der Waals surface area contributed by atoms with Crippen molar-refractivity contribution >= 4 is 17.3 Å². The Kier molecular flexibility index (Phi) is 2.98. The van der Waals surface area contributed by atoms with Crippen molar-refractivity contribution in [1.29, 1.82) is 0 Å². The lowest BCUT2D eigenvalue weighted by Gasteiger charge is -2.30. The number of aromatic nitrogens is 2. The lowest BCUT2D eigenvalue weighted by molar-refractivity contribution is 0.570. The van der Waals surface area contributed by atoms with Gasteiger partial charge in [0.2, 0.25) is 0 Å². The zero-order chi connectivity index (χ0) is 15.3. The van der Waals surface area contributed by atoms with E-state index in [1.807, 2.05) is 31.2 Å². The minimum Gasteiger partial charge on any atom is -0.359 e. The van der Waals surface area contributed by atoms with Gasteiger partial charge in [0.1, 0.15) is 6.17 Å². The third-order valence-corrected chi connectivity index (χ3v) is 4.37. The van der Waals surface area contributed by atoms with Crippen LogP contribution in [0, 0.1) is 13.8 Å². The van der Waals surface area contributed by atoms with E-state index in [9.17, 15) is 0 Å². The fourth-order valence-electron chi connectivity index (χ4n) is 3.05. The summed E-state index contributed by atoms with van der Waals surface area (Å²) in [4.78, 5) is 0. The van der Waals surface area contributed by atoms with Crippen LogP contribution in [0.3, 0.4) is 0 Å². The number of nitrogens with zero attached hydrogens (tertiary/aromatic N) is 2. The Balaban J connectivity index is 1.92. The molecule has 1 aliphatic rings. The minimum absolute atomic E-state index is 0.0189. The summed E-state index contributed by atoms with van der Waals surface area (Å²) in [5.74, 6) is 0. The lowest BCUT2D eigenvalue weighted by atomic mass is 10.0. The average molecular weight is 310 g/mol. The van der Waals surface area contributed by atoms with E-state index in [0.717, 1.165) is 22.0 Å². The van der Waals surface area contributed by atoms with E-state index in [-0.39, 0.29) is 6.17 Å². The molecule has 1 N–H and O–H groups in total. The molecule has 1 atom stereocenters. The first-order valence-electron chi connectivity index (χ1n) is 7.31. The first-order chi connectivity index (χ1) is 10.6. The van der Waals surface area contributed by atoms with E-state index >= 15 is 0 Å². The molecule has 22 heavy (non-hydrogen) atoms. The first kappa shape index (κ1) is 13.4. The second-order valence-corrected chi connectivity index (χ2v) is 6.15. The summed E-state index contributed by atoms with van der Waals surface area (Å²) in [5, 5.41) is 9.05. The van der Waals surface area contributed by atoms with Crippen molar-refractivity contribution in [2.24, 2.45) is 0 Å². The van der Waals surface area contributed by atoms with Gasteiger partial charge in [0.25, 0.3) is 0 Å². The normalized spacial score (nSPS) is 15.9. The summed E-state index contributed by atoms with van der Waals surface area (Å²) in [6.45, 7) is 4.16. The Labute approximate surface area is 134 Å². The molecule has 3 aromatic rings. The summed E-state index contributed by atoms with van der Waals surface area (Å²) >= 11 is 6.02. The van der Waals surface area contributed by atoms with Gasteiger partial charge < -0.3 is 5.32 Å². The molecule has 0 spiro atoms. The van der Waals surface area contributed by atoms with Crippen molar-refractivity contribution in [2.45, 2.75) is 20.0 Å². The van der Waals surface area contributed by atoms with Gasteiger partial charge in [0, 0.05) is 16.3 Å². The standard InChI is InChI=1S/C18H16ClN3/c1-11-4-3-5-15-16-10-12(2)21-22(16)18(20-17(11)15)13-6-8-14(19)9-7-13/h3-10,18,20H,1-2H3/t18-/m1/s1. The SMILES string of the molecule is Cc1cc2n(n1)[C@H](c1ccc(Cl)cc1)Nc1c(C)cccc1-2. The molecule has 0 unspecified atom stereocenters. The van der Waals surface area contributed by atoms with E-state index < -0.39 is 0 Å². The molecule has 1 aromatic heterocycles. The topological polar surface area (TPSA) is 29.9 Å². The number of rotatable bonds is 1.